The number of carbonyl (C=O) groups excluding carboxylic acids is 2. The van der Waals surface area contributed by atoms with E-state index in [1.807, 2.05) is 0 Å². The van der Waals surface area contributed by atoms with Crippen molar-refractivity contribution in [2.75, 3.05) is 16.2 Å². The second-order valence-corrected chi connectivity index (χ2v) is 6.88. The van der Waals surface area contributed by atoms with E-state index in [1.54, 1.807) is 24.3 Å². The molecule has 84 valence electrons. The predicted molar refractivity (Wildman–Crippen MR) is 64.7 cm³/mol. The zero-order valence-electron chi connectivity index (χ0n) is 8.50. The Labute approximate surface area is 109 Å². The number of anilines is 1. The number of carbonyl (C=O) groups is 2. The molecule has 3 N–H and O–H groups in total. The van der Waals surface area contributed by atoms with Crippen molar-refractivity contribution in [1.29, 1.82) is 0 Å². The van der Waals surface area contributed by atoms with Gasteiger partial charge in [0.1, 0.15) is 0 Å². The molecule has 0 unspecified atom stereocenters. The van der Waals surface area contributed by atoms with Crippen LogP contribution in [0.15, 0.2) is 24.3 Å². The predicted octanol–water partition coefficient (Wildman–Crippen LogP) is 0.426. The Kier molecular flexibility index (Phi) is 5.62. The normalized spacial score (nSPS) is 9.81. The van der Waals surface area contributed by atoms with Gasteiger partial charge in [0.2, 0.25) is 0 Å². The van der Waals surface area contributed by atoms with Crippen LogP contribution in [-0.4, -0.2) is 41.3 Å². The second kappa shape index (κ2) is 6.75. The fourth-order valence-electron chi connectivity index (χ4n) is 1.07. The van der Waals surface area contributed by atoms with Gasteiger partial charge in [0.05, 0.1) is 0 Å². The van der Waals surface area contributed by atoms with Gasteiger partial charge in [-0.3, -0.25) is 0 Å². The molecule has 1 rings (SSSR count). The van der Waals surface area contributed by atoms with Crippen molar-refractivity contribution in [1.82, 2.24) is 5.32 Å². The maximum absolute atomic E-state index is 11.6. The minimum absolute atomic E-state index is 0.0511. The molecule has 6 heteroatoms. The Bertz CT molecular complexity index is 398. The van der Waals surface area contributed by atoms with E-state index in [2.05, 4.69) is 5.32 Å². The summed E-state index contributed by atoms with van der Waals surface area (Å²) in [5, 5.41) is 2.68. The van der Waals surface area contributed by atoms with Gasteiger partial charge in [-0.15, -0.1) is 0 Å². The molecule has 16 heavy (non-hydrogen) atoms. The van der Waals surface area contributed by atoms with Gasteiger partial charge < -0.3 is 0 Å². The molecular formula is C10H11ClN2O2Sn. The Hall–Kier alpha value is -0.751. The van der Waals surface area contributed by atoms with Crippen molar-refractivity contribution >= 4 is 48.1 Å². The molecule has 0 fully saturated rings. The van der Waals surface area contributed by atoms with Crippen molar-refractivity contribution < 1.29 is 9.59 Å². The number of amides is 1. The summed E-state index contributed by atoms with van der Waals surface area (Å²) in [5.74, 6) is -0.184. The zero-order chi connectivity index (χ0) is 12.0. The zero-order valence-corrected chi connectivity index (χ0v) is 12.1. The Morgan fingerprint density at radius 1 is 1.38 bits per heavy atom. The Morgan fingerprint density at radius 3 is 2.69 bits per heavy atom. The van der Waals surface area contributed by atoms with E-state index in [0.29, 0.717) is 15.8 Å². The van der Waals surface area contributed by atoms with Gasteiger partial charge in [0.25, 0.3) is 0 Å². The van der Waals surface area contributed by atoms with Crippen LogP contribution in [0.5, 0.6) is 0 Å². The molecule has 0 aliphatic rings. The van der Waals surface area contributed by atoms with Crippen LogP contribution in [0.3, 0.4) is 0 Å². The van der Waals surface area contributed by atoms with Crippen molar-refractivity contribution in [3.8, 4) is 0 Å². The SMILES string of the molecule is Nc1ccccc1C(=O)N[CH2][Sn][C](=O)CCl. The number of para-hydroxylation sites is 1. The van der Waals surface area contributed by atoms with Gasteiger partial charge in [0, 0.05) is 0 Å². The fourth-order valence-corrected chi connectivity index (χ4v) is 3.25. The number of benzene rings is 1. The Balaban J connectivity index is 2.47. The topological polar surface area (TPSA) is 72.2 Å². The average Bonchev–Trinajstić information content (AvgIpc) is 2.29. The van der Waals surface area contributed by atoms with Crippen molar-refractivity contribution in [3.63, 3.8) is 0 Å². The number of alkyl halides is 1. The number of rotatable bonds is 5. The van der Waals surface area contributed by atoms with Crippen molar-refractivity contribution in [2.45, 2.75) is 0 Å². The average molecular weight is 345 g/mol. The van der Waals surface area contributed by atoms with Gasteiger partial charge in [0.15, 0.2) is 0 Å². The molecule has 1 amide bonds. The number of halogens is 1. The standard InChI is InChI=1S/C8H9N2O.C2H2ClO.Sn/c1-10-8(11)6-4-2-3-5-7(6)9;3-1-2-4;/h2-5H,1,9H2,(H,10,11);1H2;. The first-order chi connectivity index (χ1) is 7.65. The molecule has 0 bridgehead atoms. The number of nitrogen functional groups attached to an aromatic ring is 1. The summed E-state index contributed by atoms with van der Waals surface area (Å²) in [4.78, 5) is 22.6. The van der Waals surface area contributed by atoms with Gasteiger partial charge in [-0.2, -0.15) is 0 Å². The summed E-state index contributed by atoms with van der Waals surface area (Å²) >= 11 is 4.13. The molecule has 0 spiro atoms. The van der Waals surface area contributed by atoms with E-state index in [1.165, 1.54) is 0 Å². The molecule has 0 atom stereocenters. The summed E-state index contributed by atoms with van der Waals surface area (Å²) in [6.07, 6.45) is 0. The molecule has 4 nitrogen and oxygen atoms in total. The van der Waals surface area contributed by atoms with Gasteiger partial charge in [-0.1, -0.05) is 0 Å². The van der Waals surface area contributed by atoms with E-state index < -0.39 is 21.1 Å². The van der Waals surface area contributed by atoms with Crippen LogP contribution in [-0.2, 0) is 4.79 Å². The first-order valence-electron chi connectivity index (χ1n) is 4.60. The monoisotopic (exact) mass is 346 g/mol. The summed E-state index contributed by atoms with van der Waals surface area (Å²) in [7, 11) is 0. The Morgan fingerprint density at radius 2 is 2.06 bits per heavy atom. The van der Waals surface area contributed by atoms with Crippen LogP contribution in [0.25, 0.3) is 0 Å². The van der Waals surface area contributed by atoms with Crippen LogP contribution in [0.4, 0.5) is 5.69 Å². The molecule has 0 heterocycles. The van der Waals surface area contributed by atoms with E-state index >= 15 is 0 Å². The fraction of sp³-hybridized carbons (Fsp3) is 0.200. The van der Waals surface area contributed by atoms with Crippen molar-refractivity contribution in [2.24, 2.45) is 0 Å². The summed E-state index contributed by atoms with van der Waals surface area (Å²) in [6, 6.07) is 6.83. The van der Waals surface area contributed by atoms with E-state index in [9.17, 15) is 9.59 Å². The third-order valence-corrected chi connectivity index (χ3v) is 5.38. The molecule has 0 aromatic heterocycles. The van der Waals surface area contributed by atoms with E-state index in [0.717, 1.165) is 0 Å². The van der Waals surface area contributed by atoms with Crippen LogP contribution in [0, 0.1) is 0 Å². The quantitative estimate of drug-likeness (QED) is 0.462. The molecule has 0 aliphatic carbocycles. The van der Waals surface area contributed by atoms with Crippen molar-refractivity contribution in [3.05, 3.63) is 29.8 Å². The molecule has 1 aromatic carbocycles. The van der Waals surface area contributed by atoms with Gasteiger partial charge in [-0.25, -0.2) is 0 Å². The minimum atomic E-state index is -1.24. The second-order valence-electron chi connectivity index (χ2n) is 3.00. The molecule has 0 saturated carbocycles. The third-order valence-electron chi connectivity index (χ3n) is 1.86. The summed E-state index contributed by atoms with van der Waals surface area (Å²) < 4.78 is 0.522. The van der Waals surface area contributed by atoms with Gasteiger partial charge in [-0.05, 0) is 0 Å². The van der Waals surface area contributed by atoms with E-state index in [4.69, 9.17) is 17.3 Å². The summed E-state index contributed by atoms with van der Waals surface area (Å²) in [6.45, 7) is 0. The van der Waals surface area contributed by atoms with Crippen LogP contribution >= 0.6 is 11.6 Å². The third kappa shape index (κ3) is 4.02. The molecular weight excluding hydrogens is 334 g/mol. The molecule has 0 saturated heterocycles. The first kappa shape index (κ1) is 13.3. The number of hydrogen-bond donors (Lipinski definition) is 2. The van der Waals surface area contributed by atoms with Crippen LogP contribution in [0.2, 0.25) is 0 Å². The number of nitrogens with two attached hydrogens (primary N) is 1. The molecule has 0 aliphatic heterocycles. The van der Waals surface area contributed by atoms with E-state index in [-0.39, 0.29) is 15.6 Å². The first-order valence-corrected chi connectivity index (χ1v) is 8.58. The maximum atomic E-state index is 11.6. The number of nitrogens with one attached hydrogen (secondary N) is 1. The number of hydrogen-bond acceptors (Lipinski definition) is 3. The van der Waals surface area contributed by atoms with Gasteiger partial charge >= 0.3 is 109 Å². The summed E-state index contributed by atoms with van der Waals surface area (Å²) in [5.41, 5.74) is 6.53. The van der Waals surface area contributed by atoms with Crippen LogP contribution < -0.4 is 11.1 Å². The molecule has 1 aromatic rings. The van der Waals surface area contributed by atoms with Crippen LogP contribution in [0.1, 0.15) is 10.4 Å². The molecule has 2 radical (unpaired) electrons.